The van der Waals surface area contributed by atoms with Crippen LogP contribution in [0.4, 0.5) is 11.5 Å². The normalized spacial score (nSPS) is 10.8. The van der Waals surface area contributed by atoms with Crippen LogP contribution in [0.1, 0.15) is 5.56 Å². The SMILES string of the molecule is Cc1cncc(-c2cccc(Nc3nc(=O)n(O)c4ncccc34)c2)c1. The van der Waals surface area contributed by atoms with Crippen molar-refractivity contribution < 1.29 is 5.21 Å². The second-order valence-corrected chi connectivity index (χ2v) is 5.89. The van der Waals surface area contributed by atoms with Crippen molar-refractivity contribution in [3.63, 3.8) is 0 Å². The zero-order valence-corrected chi connectivity index (χ0v) is 13.9. The first-order valence-electron chi connectivity index (χ1n) is 7.98. The Morgan fingerprint density at radius 2 is 1.96 bits per heavy atom. The lowest BCUT2D eigenvalue weighted by Gasteiger charge is -2.11. The van der Waals surface area contributed by atoms with Gasteiger partial charge in [0.15, 0.2) is 5.65 Å². The van der Waals surface area contributed by atoms with E-state index >= 15 is 0 Å². The number of hydrogen-bond acceptors (Lipinski definition) is 6. The van der Waals surface area contributed by atoms with Crippen LogP contribution in [0.5, 0.6) is 0 Å². The van der Waals surface area contributed by atoms with E-state index in [1.807, 2.05) is 31.2 Å². The summed E-state index contributed by atoms with van der Waals surface area (Å²) in [5, 5.41) is 13.5. The minimum absolute atomic E-state index is 0.147. The molecule has 0 aliphatic rings. The van der Waals surface area contributed by atoms with Gasteiger partial charge >= 0.3 is 5.69 Å². The standard InChI is InChI=1S/C19H15N5O2/c1-12-8-14(11-20-10-12)13-4-2-5-15(9-13)22-17-16-6-3-7-21-18(16)24(26)19(25)23-17/h2-11,26H,1H3,(H,22,23,25). The first-order chi connectivity index (χ1) is 12.6. The second-order valence-electron chi connectivity index (χ2n) is 5.89. The van der Waals surface area contributed by atoms with Gasteiger partial charge in [-0.25, -0.2) is 9.78 Å². The van der Waals surface area contributed by atoms with Crippen molar-refractivity contribution in [2.24, 2.45) is 0 Å². The van der Waals surface area contributed by atoms with Crippen molar-refractivity contribution in [2.45, 2.75) is 6.92 Å². The minimum atomic E-state index is -0.794. The van der Waals surface area contributed by atoms with Crippen LogP contribution >= 0.6 is 0 Å². The van der Waals surface area contributed by atoms with E-state index in [1.54, 1.807) is 24.5 Å². The van der Waals surface area contributed by atoms with Crippen LogP contribution in [0.15, 0.2) is 65.8 Å². The molecule has 0 aliphatic carbocycles. The third-order valence-corrected chi connectivity index (χ3v) is 3.96. The molecule has 3 heterocycles. The van der Waals surface area contributed by atoms with Crippen LogP contribution in [-0.2, 0) is 0 Å². The number of pyridine rings is 2. The lowest BCUT2D eigenvalue weighted by Crippen LogP contribution is -2.23. The minimum Gasteiger partial charge on any atom is -0.422 e. The first-order valence-corrected chi connectivity index (χ1v) is 7.98. The maximum Gasteiger partial charge on any atom is 0.384 e. The smallest absolute Gasteiger partial charge is 0.384 e. The lowest BCUT2D eigenvalue weighted by atomic mass is 10.1. The topological polar surface area (TPSA) is 92.9 Å². The average molecular weight is 345 g/mol. The van der Waals surface area contributed by atoms with Crippen molar-refractivity contribution in [2.75, 3.05) is 5.32 Å². The molecule has 0 atom stereocenters. The van der Waals surface area contributed by atoms with E-state index < -0.39 is 5.69 Å². The van der Waals surface area contributed by atoms with Gasteiger partial charge in [-0.2, -0.15) is 4.98 Å². The number of nitrogens with one attached hydrogen (secondary N) is 1. The van der Waals surface area contributed by atoms with Crippen molar-refractivity contribution in [3.05, 3.63) is 77.1 Å². The molecule has 0 bridgehead atoms. The molecule has 128 valence electrons. The number of anilines is 2. The lowest BCUT2D eigenvalue weighted by molar-refractivity contribution is 0.182. The van der Waals surface area contributed by atoms with Gasteiger partial charge in [-0.1, -0.05) is 12.1 Å². The van der Waals surface area contributed by atoms with E-state index in [-0.39, 0.29) is 5.65 Å². The van der Waals surface area contributed by atoms with Crippen LogP contribution in [-0.4, -0.2) is 24.9 Å². The van der Waals surface area contributed by atoms with Crippen LogP contribution in [0.25, 0.3) is 22.2 Å². The molecule has 7 heteroatoms. The van der Waals surface area contributed by atoms with Gasteiger partial charge in [0.25, 0.3) is 0 Å². The molecular formula is C19H15N5O2. The van der Waals surface area contributed by atoms with Gasteiger partial charge in [0.05, 0.1) is 5.39 Å². The summed E-state index contributed by atoms with van der Waals surface area (Å²) < 4.78 is 0.440. The van der Waals surface area contributed by atoms with Gasteiger partial charge in [-0.3, -0.25) is 4.98 Å². The Balaban J connectivity index is 1.77. The molecule has 7 nitrogen and oxygen atoms in total. The molecule has 26 heavy (non-hydrogen) atoms. The number of rotatable bonds is 3. The quantitative estimate of drug-likeness (QED) is 0.554. The molecule has 0 amide bonds. The number of aromatic nitrogens is 4. The fourth-order valence-corrected chi connectivity index (χ4v) is 2.77. The summed E-state index contributed by atoms with van der Waals surface area (Å²) in [5.74, 6) is 0.336. The van der Waals surface area contributed by atoms with Gasteiger partial charge in [-0.15, -0.1) is 4.73 Å². The van der Waals surface area contributed by atoms with Crippen molar-refractivity contribution in [1.82, 2.24) is 19.7 Å². The van der Waals surface area contributed by atoms with E-state index in [4.69, 9.17) is 0 Å². The maximum atomic E-state index is 11.9. The first kappa shape index (κ1) is 15.8. The zero-order chi connectivity index (χ0) is 18.1. The van der Waals surface area contributed by atoms with Gasteiger partial charge < -0.3 is 10.5 Å². The highest BCUT2D eigenvalue weighted by atomic mass is 16.5. The molecule has 4 aromatic rings. The summed E-state index contributed by atoms with van der Waals surface area (Å²) in [7, 11) is 0. The maximum absolute atomic E-state index is 11.9. The molecule has 0 aliphatic heterocycles. The van der Waals surface area contributed by atoms with Gasteiger partial charge in [-0.05, 0) is 48.4 Å². The van der Waals surface area contributed by atoms with Crippen LogP contribution in [0.3, 0.4) is 0 Å². The highest BCUT2D eigenvalue weighted by Gasteiger charge is 2.11. The predicted octanol–water partition coefficient (Wildman–Crippen LogP) is 3.14. The number of fused-ring (bicyclic) bond motifs is 1. The van der Waals surface area contributed by atoms with E-state index in [9.17, 15) is 10.0 Å². The summed E-state index contributed by atoms with van der Waals surface area (Å²) in [4.78, 5) is 24.1. The number of nitrogens with zero attached hydrogens (tertiary/aromatic N) is 4. The van der Waals surface area contributed by atoms with E-state index in [0.717, 1.165) is 22.4 Å². The van der Waals surface area contributed by atoms with Gasteiger partial charge in [0.1, 0.15) is 5.82 Å². The molecule has 0 fully saturated rings. The summed E-state index contributed by atoms with van der Waals surface area (Å²) in [5.41, 5.74) is 3.18. The van der Waals surface area contributed by atoms with Crippen molar-refractivity contribution >= 4 is 22.5 Å². The summed E-state index contributed by atoms with van der Waals surface area (Å²) in [6.07, 6.45) is 5.11. The van der Waals surface area contributed by atoms with E-state index in [0.29, 0.717) is 15.9 Å². The molecule has 2 N–H and O–H groups in total. The Morgan fingerprint density at radius 1 is 1.08 bits per heavy atom. The molecule has 3 aromatic heterocycles. The van der Waals surface area contributed by atoms with Crippen LogP contribution in [0, 0.1) is 6.92 Å². The van der Waals surface area contributed by atoms with Crippen LogP contribution in [0.2, 0.25) is 0 Å². The highest BCUT2D eigenvalue weighted by molar-refractivity contribution is 5.88. The number of aryl methyl sites for hydroxylation is 1. The van der Waals surface area contributed by atoms with Gasteiger partial charge in [0.2, 0.25) is 0 Å². The fraction of sp³-hybridized carbons (Fsp3) is 0.0526. The Bertz CT molecular complexity index is 1170. The average Bonchev–Trinajstić information content (AvgIpc) is 2.66. The Morgan fingerprint density at radius 3 is 2.81 bits per heavy atom. The Labute approximate surface area is 148 Å². The van der Waals surface area contributed by atoms with Crippen molar-refractivity contribution in [3.8, 4) is 11.1 Å². The third kappa shape index (κ3) is 2.86. The Hall–Kier alpha value is -3.74. The van der Waals surface area contributed by atoms with Gasteiger partial charge in [0, 0.05) is 29.8 Å². The molecule has 0 spiro atoms. The largest absolute Gasteiger partial charge is 0.422 e. The fourth-order valence-electron chi connectivity index (χ4n) is 2.77. The molecular weight excluding hydrogens is 330 g/mol. The van der Waals surface area contributed by atoms with Crippen molar-refractivity contribution in [1.29, 1.82) is 0 Å². The number of hydrogen-bond donors (Lipinski definition) is 2. The third-order valence-electron chi connectivity index (χ3n) is 3.96. The number of benzene rings is 1. The molecule has 0 saturated carbocycles. The summed E-state index contributed by atoms with van der Waals surface area (Å²) in [6, 6.07) is 13.2. The molecule has 0 radical (unpaired) electrons. The summed E-state index contributed by atoms with van der Waals surface area (Å²) >= 11 is 0. The molecule has 1 aromatic carbocycles. The van der Waals surface area contributed by atoms with Crippen LogP contribution < -0.4 is 11.0 Å². The molecule has 0 saturated heterocycles. The van der Waals surface area contributed by atoms with E-state index in [2.05, 4.69) is 26.3 Å². The summed E-state index contributed by atoms with van der Waals surface area (Å²) in [6.45, 7) is 1.99. The molecule has 0 unspecified atom stereocenters. The highest BCUT2D eigenvalue weighted by Crippen LogP contribution is 2.26. The second kappa shape index (κ2) is 6.29. The Kier molecular flexibility index (Phi) is 3.81. The molecule has 4 rings (SSSR count). The van der Waals surface area contributed by atoms with E-state index in [1.165, 1.54) is 6.20 Å². The zero-order valence-electron chi connectivity index (χ0n) is 13.9. The predicted molar refractivity (Wildman–Crippen MR) is 98.7 cm³/mol. The monoisotopic (exact) mass is 345 g/mol.